The molecule has 0 unspecified atom stereocenters. The number of nitrogens with zero attached hydrogens (tertiary/aromatic N) is 3. The largest absolute Gasteiger partial charge is 0.494 e. The molecule has 0 radical (unpaired) electrons. The first kappa shape index (κ1) is 19.2. The first-order valence-corrected chi connectivity index (χ1v) is 8.62. The Bertz CT molecular complexity index is 1130. The molecule has 0 aliphatic rings. The first-order valence-electron chi connectivity index (χ1n) is 8.62. The van der Waals surface area contributed by atoms with Crippen molar-refractivity contribution >= 4 is 22.6 Å². The number of hydrogen-bond donors (Lipinski definition) is 1. The van der Waals surface area contributed by atoms with E-state index in [1.165, 1.54) is 30.9 Å². The first-order chi connectivity index (χ1) is 13.4. The summed E-state index contributed by atoms with van der Waals surface area (Å²) in [4.78, 5) is 40.9. The number of hydrogen-bond acceptors (Lipinski definition) is 6. The molecule has 1 N–H and O–H groups in total. The van der Waals surface area contributed by atoms with Crippen molar-refractivity contribution in [2.24, 2.45) is 14.1 Å². The molecule has 0 aliphatic carbocycles. The number of amides is 1. The predicted molar refractivity (Wildman–Crippen MR) is 104 cm³/mol. The van der Waals surface area contributed by atoms with Gasteiger partial charge in [-0.3, -0.25) is 18.7 Å². The fourth-order valence-corrected chi connectivity index (χ4v) is 2.72. The number of rotatable bonds is 6. The lowest BCUT2D eigenvalue weighted by molar-refractivity contribution is -0.118. The molecule has 0 aliphatic heterocycles. The van der Waals surface area contributed by atoms with Crippen LogP contribution in [0.2, 0.25) is 0 Å². The van der Waals surface area contributed by atoms with E-state index < -0.39 is 17.2 Å². The van der Waals surface area contributed by atoms with Gasteiger partial charge in [0.1, 0.15) is 16.9 Å². The average molecular weight is 384 g/mol. The summed E-state index contributed by atoms with van der Waals surface area (Å²) in [5.41, 5.74) is -0.568. The Hall–Kier alpha value is -3.62. The lowest BCUT2D eigenvalue weighted by atomic mass is 10.2. The van der Waals surface area contributed by atoms with E-state index in [1.807, 2.05) is 6.92 Å². The highest BCUT2D eigenvalue weighted by Crippen LogP contribution is 2.18. The molecule has 1 amide bonds. The third kappa shape index (κ3) is 3.73. The van der Waals surface area contributed by atoms with Crippen LogP contribution in [0.4, 0.5) is 5.69 Å². The topological polar surface area (TPSA) is 104 Å². The molecule has 2 heterocycles. The van der Waals surface area contributed by atoms with Gasteiger partial charge in [-0.2, -0.15) is 0 Å². The van der Waals surface area contributed by atoms with Gasteiger partial charge >= 0.3 is 5.69 Å². The van der Waals surface area contributed by atoms with E-state index in [2.05, 4.69) is 10.3 Å². The Balaban J connectivity index is 1.78. The van der Waals surface area contributed by atoms with Gasteiger partial charge in [-0.25, -0.2) is 9.78 Å². The summed E-state index contributed by atoms with van der Waals surface area (Å²) in [6.45, 7) is 2.21. The highest BCUT2D eigenvalue weighted by Gasteiger charge is 2.15. The standard InChI is InChI=1S/C19H20N4O5/c1-4-27-12-5-7-13(8-6-12)28-11-15(24)21-14-9-10-20-17-16(14)18(25)23(3)19(26)22(17)2/h5-10H,4,11H2,1-3H3,(H,20,21,24). The van der Waals surface area contributed by atoms with Crippen LogP contribution in [-0.4, -0.2) is 33.2 Å². The van der Waals surface area contributed by atoms with E-state index in [-0.39, 0.29) is 23.3 Å². The van der Waals surface area contributed by atoms with Crippen LogP contribution in [0.5, 0.6) is 11.5 Å². The van der Waals surface area contributed by atoms with Crippen LogP contribution >= 0.6 is 0 Å². The van der Waals surface area contributed by atoms with Gasteiger partial charge in [-0.05, 0) is 37.3 Å². The molecule has 0 atom stereocenters. The Labute approximate surface area is 160 Å². The van der Waals surface area contributed by atoms with Crippen LogP contribution in [0.3, 0.4) is 0 Å². The number of carbonyl (C=O) groups excluding carboxylic acids is 1. The molecular formula is C19H20N4O5. The second-order valence-corrected chi connectivity index (χ2v) is 6.00. The second-order valence-electron chi connectivity index (χ2n) is 6.00. The molecule has 0 fully saturated rings. The van der Waals surface area contributed by atoms with Gasteiger partial charge in [0.15, 0.2) is 12.3 Å². The monoisotopic (exact) mass is 384 g/mol. The maximum atomic E-state index is 12.5. The zero-order valence-electron chi connectivity index (χ0n) is 15.8. The number of fused-ring (bicyclic) bond motifs is 1. The predicted octanol–water partition coefficient (Wildman–Crippen LogP) is 1.05. The highest BCUT2D eigenvalue weighted by molar-refractivity contribution is 6.00. The van der Waals surface area contributed by atoms with Crippen molar-refractivity contribution in [1.29, 1.82) is 0 Å². The number of aryl methyl sites for hydroxylation is 1. The third-order valence-electron chi connectivity index (χ3n) is 4.12. The molecule has 3 aromatic rings. The maximum absolute atomic E-state index is 12.5. The molecular weight excluding hydrogens is 364 g/mol. The van der Waals surface area contributed by atoms with Crippen LogP contribution < -0.4 is 26.0 Å². The van der Waals surface area contributed by atoms with Gasteiger partial charge in [-0.15, -0.1) is 0 Å². The summed E-state index contributed by atoms with van der Waals surface area (Å²) in [6.07, 6.45) is 1.42. The summed E-state index contributed by atoms with van der Waals surface area (Å²) in [5.74, 6) is 0.776. The van der Waals surface area contributed by atoms with Crippen molar-refractivity contribution in [3.63, 3.8) is 0 Å². The van der Waals surface area contributed by atoms with Gasteiger partial charge in [0.25, 0.3) is 11.5 Å². The molecule has 1 aromatic carbocycles. The van der Waals surface area contributed by atoms with Crippen LogP contribution in [0, 0.1) is 0 Å². The number of ether oxygens (including phenoxy) is 2. The third-order valence-corrected chi connectivity index (χ3v) is 4.12. The number of nitrogens with one attached hydrogen (secondary N) is 1. The van der Waals surface area contributed by atoms with E-state index in [9.17, 15) is 14.4 Å². The smallest absolute Gasteiger partial charge is 0.332 e. The quantitative estimate of drug-likeness (QED) is 0.681. The van der Waals surface area contributed by atoms with Crippen molar-refractivity contribution in [2.45, 2.75) is 6.92 Å². The van der Waals surface area contributed by atoms with Crippen LogP contribution in [0.25, 0.3) is 11.0 Å². The number of aromatic nitrogens is 3. The maximum Gasteiger partial charge on any atom is 0.332 e. The van der Waals surface area contributed by atoms with Gasteiger partial charge in [-0.1, -0.05) is 0 Å². The number of benzene rings is 1. The molecule has 0 bridgehead atoms. The van der Waals surface area contributed by atoms with Crippen molar-refractivity contribution < 1.29 is 14.3 Å². The summed E-state index contributed by atoms with van der Waals surface area (Å²) in [6, 6.07) is 8.40. The lowest BCUT2D eigenvalue weighted by Crippen LogP contribution is -2.37. The van der Waals surface area contributed by atoms with Gasteiger partial charge in [0, 0.05) is 20.3 Å². The fourth-order valence-electron chi connectivity index (χ4n) is 2.72. The van der Waals surface area contributed by atoms with E-state index in [0.29, 0.717) is 18.1 Å². The minimum absolute atomic E-state index is 0.154. The Morgan fingerprint density at radius 1 is 1.04 bits per heavy atom. The van der Waals surface area contributed by atoms with Crippen LogP contribution in [0.1, 0.15) is 6.92 Å². The zero-order valence-corrected chi connectivity index (χ0v) is 15.8. The van der Waals surface area contributed by atoms with Gasteiger partial charge in [0.05, 0.1) is 12.3 Å². The summed E-state index contributed by atoms with van der Waals surface area (Å²) < 4.78 is 13.0. The van der Waals surface area contributed by atoms with Crippen molar-refractivity contribution in [1.82, 2.24) is 14.1 Å². The minimum atomic E-state index is -0.533. The molecule has 28 heavy (non-hydrogen) atoms. The Morgan fingerprint density at radius 3 is 2.32 bits per heavy atom. The van der Waals surface area contributed by atoms with Crippen LogP contribution in [0.15, 0.2) is 46.1 Å². The number of carbonyl (C=O) groups is 1. The van der Waals surface area contributed by atoms with Crippen molar-refractivity contribution in [3.8, 4) is 11.5 Å². The molecule has 9 nitrogen and oxygen atoms in total. The number of anilines is 1. The second kappa shape index (κ2) is 7.95. The molecule has 146 valence electrons. The Kier molecular flexibility index (Phi) is 5.44. The molecule has 3 rings (SSSR count). The summed E-state index contributed by atoms with van der Waals surface area (Å²) in [7, 11) is 2.88. The van der Waals surface area contributed by atoms with E-state index >= 15 is 0 Å². The van der Waals surface area contributed by atoms with Crippen molar-refractivity contribution in [2.75, 3.05) is 18.5 Å². The molecule has 0 spiro atoms. The highest BCUT2D eigenvalue weighted by atomic mass is 16.5. The molecule has 2 aromatic heterocycles. The van der Waals surface area contributed by atoms with E-state index in [4.69, 9.17) is 9.47 Å². The molecule has 0 saturated heterocycles. The van der Waals surface area contributed by atoms with Crippen molar-refractivity contribution in [3.05, 3.63) is 57.4 Å². The van der Waals surface area contributed by atoms with Gasteiger partial charge < -0.3 is 14.8 Å². The van der Waals surface area contributed by atoms with E-state index in [1.54, 1.807) is 24.3 Å². The zero-order chi connectivity index (χ0) is 20.3. The average Bonchev–Trinajstić information content (AvgIpc) is 2.70. The fraction of sp³-hybridized carbons (Fsp3) is 0.263. The summed E-state index contributed by atoms with van der Waals surface area (Å²) in [5, 5.41) is 2.80. The van der Waals surface area contributed by atoms with Gasteiger partial charge in [0.2, 0.25) is 0 Å². The minimum Gasteiger partial charge on any atom is -0.494 e. The Morgan fingerprint density at radius 2 is 1.68 bits per heavy atom. The normalized spacial score (nSPS) is 10.7. The lowest BCUT2D eigenvalue weighted by Gasteiger charge is -2.12. The number of pyridine rings is 1. The van der Waals surface area contributed by atoms with Crippen LogP contribution in [-0.2, 0) is 18.9 Å². The molecule has 9 heteroatoms. The van der Waals surface area contributed by atoms with E-state index in [0.717, 1.165) is 4.57 Å². The summed E-state index contributed by atoms with van der Waals surface area (Å²) >= 11 is 0. The molecule has 0 saturated carbocycles. The SMILES string of the molecule is CCOc1ccc(OCC(=O)Nc2ccnc3c2c(=O)n(C)c(=O)n3C)cc1.